The summed E-state index contributed by atoms with van der Waals surface area (Å²) in [7, 11) is 0. The zero-order valence-corrected chi connectivity index (χ0v) is 16.8. The summed E-state index contributed by atoms with van der Waals surface area (Å²) in [6, 6.07) is 5.06. The van der Waals surface area contributed by atoms with Gasteiger partial charge in [-0.1, -0.05) is 29.3 Å². The first kappa shape index (κ1) is 20.2. The Morgan fingerprint density at radius 2 is 1.90 bits per heavy atom. The van der Waals surface area contributed by atoms with Gasteiger partial charge in [-0.3, -0.25) is 4.98 Å². The number of alkyl halides is 2. The zero-order chi connectivity index (χ0) is 21.4. The number of nitrogen functional groups attached to an aromatic ring is 1. The summed E-state index contributed by atoms with van der Waals surface area (Å²) in [6.45, 7) is -1.18. The molecule has 0 saturated carbocycles. The first-order valence-electron chi connectivity index (χ1n) is 8.55. The average Bonchev–Trinajstić information content (AvgIpc) is 3.21. The number of nitrogens with two attached hydrogens (primary N) is 1. The second kappa shape index (κ2) is 7.96. The molecule has 0 aliphatic heterocycles. The van der Waals surface area contributed by atoms with Crippen molar-refractivity contribution in [2.45, 2.75) is 19.6 Å². The van der Waals surface area contributed by atoms with Crippen LogP contribution in [0.3, 0.4) is 0 Å². The lowest BCUT2D eigenvalue weighted by atomic mass is 10.1. The number of hydrogen-bond donors (Lipinski definition) is 1. The highest BCUT2D eigenvalue weighted by Gasteiger charge is 2.20. The number of fused-ring (bicyclic) bond motifs is 1. The van der Waals surface area contributed by atoms with Crippen molar-refractivity contribution in [3.05, 3.63) is 52.9 Å². The van der Waals surface area contributed by atoms with E-state index < -0.39 is 12.7 Å². The molecule has 0 amide bonds. The molecule has 1 aromatic carbocycles. The van der Waals surface area contributed by atoms with Crippen LogP contribution in [-0.2, 0) is 0 Å². The molecule has 0 radical (unpaired) electrons. The van der Waals surface area contributed by atoms with Gasteiger partial charge >= 0.3 is 6.55 Å². The maximum atomic E-state index is 12.7. The molecule has 4 rings (SSSR count). The summed E-state index contributed by atoms with van der Waals surface area (Å²) >= 11 is 12.1. The number of aromatic nitrogens is 6. The van der Waals surface area contributed by atoms with E-state index in [1.54, 1.807) is 25.1 Å². The third-order valence-electron chi connectivity index (χ3n) is 4.24. The largest absolute Gasteiger partial charge is 0.480 e. The van der Waals surface area contributed by atoms with Crippen molar-refractivity contribution in [3.8, 4) is 17.0 Å². The van der Waals surface area contributed by atoms with Crippen LogP contribution in [0.5, 0.6) is 5.75 Å². The Labute approximate surface area is 178 Å². The minimum atomic E-state index is -2.80. The number of benzene rings is 1. The Hall–Kier alpha value is -3.11. The van der Waals surface area contributed by atoms with Crippen LogP contribution in [0, 0.1) is 0 Å². The maximum absolute atomic E-state index is 12.7. The molecule has 0 unspecified atom stereocenters. The second-order valence-corrected chi connectivity index (χ2v) is 7.02. The number of rotatable bonds is 5. The van der Waals surface area contributed by atoms with Gasteiger partial charge in [0, 0.05) is 5.56 Å². The van der Waals surface area contributed by atoms with Crippen LogP contribution in [0.25, 0.3) is 22.2 Å². The molecule has 8 nitrogen and oxygen atoms in total. The highest BCUT2D eigenvalue weighted by atomic mass is 35.5. The van der Waals surface area contributed by atoms with E-state index in [4.69, 9.17) is 33.7 Å². The van der Waals surface area contributed by atoms with Crippen LogP contribution < -0.4 is 10.5 Å². The Morgan fingerprint density at radius 3 is 2.60 bits per heavy atom. The maximum Gasteiger partial charge on any atom is 0.334 e. The molecule has 0 saturated heterocycles. The quantitative estimate of drug-likeness (QED) is 0.468. The van der Waals surface area contributed by atoms with E-state index in [1.165, 1.54) is 12.5 Å². The van der Waals surface area contributed by atoms with Crippen molar-refractivity contribution < 1.29 is 13.5 Å². The minimum Gasteiger partial charge on any atom is -0.480 e. The van der Waals surface area contributed by atoms with Crippen LogP contribution in [0.1, 0.15) is 25.4 Å². The van der Waals surface area contributed by atoms with Gasteiger partial charge in [-0.25, -0.2) is 15.0 Å². The minimum absolute atomic E-state index is 0.0763. The Morgan fingerprint density at radius 1 is 1.10 bits per heavy atom. The lowest BCUT2D eigenvalue weighted by Gasteiger charge is -2.15. The van der Waals surface area contributed by atoms with Crippen LogP contribution >= 0.6 is 23.2 Å². The molecule has 4 aromatic rings. The van der Waals surface area contributed by atoms with Gasteiger partial charge in [-0.2, -0.15) is 13.5 Å². The normalized spacial score (nSPS) is 12.5. The number of halogens is 4. The van der Waals surface area contributed by atoms with Crippen molar-refractivity contribution in [2.24, 2.45) is 0 Å². The van der Waals surface area contributed by atoms with Gasteiger partial charge in [0.15, 0.2) is 17.7 Å². The summed E-state index contributed by atoms with van der Waals surface area (Å²) in [5, 5.41) is 4.89. The van der Waals surface area contributed by atoms with Gasteiger partial charge in [0.2, 0.25) is 0 Å². The first-order valence-corrected chi connectivity index (χ1v) is 9.31. The van der Waals surface area contributed by atoms with E-state index in [9.17, 15) is 8.78 Å². The van der Waals surface area contributed by atoms with Gasteiger partial charge < -0.3 is 10.5 Å². The van der Waals surface area contributed by atoms with Crippen molar-refractivity contribution in [1.29, 1.82) is 0 Å². The molecule has 0 fully saturated rings. The molecule has 0 spiro atoms. The van der Waals surface area contributed by atoms with Gasteiger partial charge in [-0.05, 0) is 19.1 Å². The first-order chi connectivity index (χ1) is 14.3. The fourth-order valence-electron chi connectivity index (χ4n) is 2.83. The summed E-state index contributed by atoms with van der Waals surface area (Å²) in [4.78, 5) is 16.6. The summed E-state index contributed by atoms with van der Waals surface area (Å²) in [6.07, 6.45) is 2.92. The number of ether oxygens (including phenoxy) is 1. The highest BCUT2D eigenvalue weighted by molar-refractivity contribution is 6.42. The summed E-state index contributed by atoms with van der Waals surface area (Å²) in [5.74, 6) is 0.497. The fraction of sp³-hybridized carbons (Fsp3) is 0.167. The second-order valence-electron chi connectivity index (χ2n) is 6.20. The number of hydrogen-bond acceptors (Lipinski definition) is 7. The third-order valence-corrected chi connectivity index (χ3v) is 4.98. The van der Waals surface area contributed by atoms with E-state index in [2.05, 4.69) is 25.0 Å². The molecule has 3 heterocycles. The lowest BCUT2D eigenvalue weighted by molar-refractivity contribution is 0.0550. The fourth-order valence-corrected chi connectivity index (χ4v) is 3.12. The number of nitrogens with zero attached hydrogens (tertiary/aromatic N) is 6. The van der Waals surface area contributed by atoms with Gasteiger partial charge in [0.25, 0.3) is 0 Å². The predicted molar refractivity (Wildman–Crippen MR) is 108 cm³/mol. The molecule has 1 atom stereocenters. The third kappa shape index (κ3) is 3.71. The lowest BCUT2D eigenvalue weighted by Crippen LogP contribution is -2.09. The zero-order valence-electron chi connectivity index (χ0n) is 15.3. The van der Waals surface area contributed by atoms with Crippen molar-refractivity contribution in [1.82, 2.24) is 29.7 Å². The summed E-state index contributed by atoms with van der Waals surface area (Å²) in [5.41, 5.74) is 7.67. The van der Waals surface area contributed by atoms with Gasteiger partial charge in [-0.15, -0.1) is 5.10 Å². The SMILES string of the molecule is C[C@@H](Oc1cnc(-c2ccc(Cl)c(Cl)c2)c2ncnc(N)c12)c1ncn(C(F)F)n1. The molecule has 0 aliphatic rings. The standard InChI is InChI=1S/C18H13Cl2F2N7O/c1-8(17-27-7-29(28-17)18(21)22)30-12-5-24-14(9-2-3-10(19)11(20)4-9)15-13(12)16(23)26-6-25-15/h2-8,18H,1H3,(H2,23,25,26)/t8-/m1/s1. The molecule has 0 bridgehead atoms. The van der Waals surface area contributed by atoms with Gasteiger partial charge in [0.05, 0.1) is 27.3 Å². The molecule has 0 aliphatic carbocycles. The monoisotopic (exact) mass is 451 g/mol. The van der Waals surface area contributed by atoms with Crippen molar-refractivity contribution in [2.75, 3.05) is 5.73 Å². The molecule has 12 heteroatoms. The average molecular weight is 452 g/mol. The number of pyridine rings is 1. The van der Waals surface area contributed by atoms with E-state index in [0.29, 0.717) is 36.9 Å². The van der Waals surface area contributed by atoms with E-state index in [0.717, 1.165) is 6.33 Å². The smallest absolute Gasteiger partial charge is 0.334 e. The van der Waals surface area contributed by atoms with Crippen molar-refractivity contribution in [3.63, 3.8) is 0 Å². The predicted octanol–water partition coefficient (Wildman–Crippen LogP) is 4.71. The Bertz CT molecular complexity index is 1230. The van der Waals surface area contributed by atoms with Crippen LogP contribution in [-0.4, -0.2) is 29.7 Å². The molecular weight excluding hydrogens is 439 g/mol. The van der Waals surface area contributed by atoms with E-state index >= 15 is 0 Å². The van der Waals surface area contributed by atoms with Crippen LogP contribution in [0.2, 0.25) is 10.0 Å². The van der Waals surface area contributed by atoms with Gasteiger partial charge in [0.1, 0.15) is 24.0 Å². The van der Waals surface area contributed by atoms with E-state index in [1.807, 2.05) is 0 Å². The van der Waals surface area contributed by atoms with Crippen LogP contribution in [0.15, 0.2) is 37.1 Å². The highest BCUT2D eigenvalue weighted by Crippen LogP contribution is 2.37. The Balaban J connectivity index is 1.77. The molecule has 2 N–H and O–H groups in total. The Kier molecular flexibility index (Phi) is 5.35. The molecule has 154 valence electrons. The molecule has 3 aromatic heterocycles. The van der Waals surface area contributed by atoms with E-state index in [-0.39, 0.29) is 17.4 Å². The van der Waals surface area contributed by atoms with Crippen molar-refractivity contribution >= 4 is 39.9 Å². The number of anilines is 1. The molecular formula is C18H13Cl2F2N7O. The summed E-state index contributed by atoms with van der Waals surface area (Å²) < 4.78 is 31.8. The topological polar surface area (TPSA) is 105 Å². The van der Waals surface area contributed by atoms with Crippen LogP contribution in [0.4, 0.5) is 14.6 Å². The molecule has 30 heavy (non-hydrogen) atoms.